The predicted octanol–water partition coefficient (Wildman–Crippen LogP) is 3.88. The fourth-order valence-electron chi connectivity index (χ4n) is 2.75. The van der Waals surface area contributed by atoms with Crippen LogP contribution in [0.2, 0.25) is 0 Å². The van der Waals surface area contributed by atoms with Crippen LogP contribution in [0.3, 0.4) is 0 Å². The molecule has 0 amide bonds. The second-order valence-electron chi connectivity index (χ2n) is 5.50. The molecule has 0 atom stereocenters. The van der Waals surface area contributed by atoms with Crippen molar-refractivity contribution >= 4 is 22.9 Å². The lowest BCUT2D eigenvalue weighted by molar-refractivity contribution is -0.133. The number of carboxylic acid groups (broad SMARTS) is 1. The van der Waals surface area contributed by atoms with Crippen molar-refractivity contribution in [2.75, 3.05) is 19.6 Å². The number of rotatable bonds is 6. The van der Waals surface area contributed by atoms with Gasteiger partial charge in [-0.2, -0.15) is 11.3 Å². The molecular weight excluding hydrogens is 310 g/mol. The molecule has 0 aliphatic carbocycles. The number of carbonyl (C=O) groups is 1. The summed E-state index contributed by atoms with van der Waals surface area (Å²) in [6, 6.07) is 5.95. The Bertz CT molecular complexity index is 662. The zero-order chi connectivity index (χ0) is 16.1. The van der Waals surface area contributed by atoms with Crippen molar-refractivity contribution in [2.24, 2.45) is 0 Å². The van der Waals surface area contributed by atoms with Crippen molar-refractivity contribution in [3.8, 4) is 0 Å². The van der Waals surface area contributed by atoms with E-state index in [9.17, 15) is 4.79 Å². The van der Waals surface area contributed by atoms with Crippen LogP contribution < -0.4 is 0 Å². The number of aliphatic carboxylic acids is 1. The smallest absolute Gasteiger partial charge is 0.332 e. The minimum Gasteiger partial charge on any atom is -0.478 e. The molecule has 1 aliphatic rings. The van der Waals surface area contributed by atoms with Gasteiger partial charge in [-0.05, 0) is 47.4 Å². The molecular formula is C18H19NO3S. The summed E-state index contributed by atoms with van der Waals surface area (Å²) in [6.07, 6.45) is 7.36. The Balaban J connectivity index is 1.66. The molecule has 0 fully saturated rings. The highest BCUT2D eigenvalue weighted by Crippen LogP contribution is 2.26. The third-order valence-corrected chi connectivity index (χ3v) is 4.60. The fraction of sp³-hybridized carbons (Fsp3) is 0.278. The normalized spacial score (nSPS) is 16.3. The summed E-state index contributed by atoms with van der Waals surface area (Å²) >= 11 is 1.66. The SMILES string of the molecule is O=C(O)C1=CCCN(CCC=C(c2ccsc2)c2ccco2)C1. The molecule has 120 valence electrons. The van der Waals surface area contributed by atoms with Crippen LogP contribution in [-0.2, 0) is 4.79 Å². The first-order chi connectivity index (χ1) is 11.2. The molecule has 0 unspecified atom stereocenters. The average molecular weight is 329 g/mol. The van der Waals surface area contributed by atoms with Crippen LogP contribution in [0.25, 0.3) is 5.57 Å². The maximum atomic E-state index is 11.1. The third kappa shape index (κ3) is 4.00. The summed E-state index contributed by atoms with van der Waals surface area (Å²) in [5.74, 6) is 0.0629. The van der Waals surface area contributed by atoms with E-state index >= 15 is 0 Å². The second kappa shape index (κ2) is 7.44. The van der Waals surface area contributed by atoms with Gasteiger partial charge < -0.3 is 9.52 Å². The maximum Gasteiger partial charge on any atom is 0.332 e. The van der Waals surface area contributed by atoms with Crippen molar-refractivity contribution in [3.63, 3.8) is 0 Å². The topological polar surface area (TPSA) is 53.7 Å². The number of furan rings is 1. The second-order valence-corrected chi connectivity index (χ2v) is 6.28. The Morgan fingerprint density at radius 3 is 3.04 bits per heavy atom. The third-order valence-electron chi connectivity index (χ3n) is 3.92. The van der Waals surface area contributed by atoms with Gasteiger partial charge in [-0.15, -0.1) is 0 Å². The zero-order valence-corrected chi connectivity index (χ0v) is 13.6. The average Bonchev–Trinajstić information content (AvgIpc) is 3.25. The minimum absolute atomic E-state index is 0.504. The highest BCUT2D eigenvalue weighted by Gasteiger charge is 2.16. The van der Waals surface area contributed by atoms with Crippen LogP contribution in [0.4, 0.5) is 0 Å². The summed E-state index contributed by atoms with van der Waals surface area (Å²) in [5, 5.41) is 13.3. The first kappa shape index (κ1) is 15.8. The van der Waals surface area contributed by atoms with Crippen molar-refractivity contribution in [1.82, 2.24) is 4.90 Å². The lowest BCUT2D eigenvalue weighted by atomic mass is 10.1. The van der Waals surface area contributed by atoms with Gasteiger partial charge in [0.1, 0.15) is 5.76 Å². The van der Waals surface area contributed by atoms with E-state index in [0.717, 1.165) is 42.8 Å². The van der Waals surface area contributed by atoms with E-state index in [1.165, 1.54) is 0 Å². The maximum absolute atomic E-state index is 11.1. The summed E-state index contributed by atoms with van der Waals surface area (Å²) in [6.45, 7) is 2.29. The lowest BCUT2D eigenvalue weighted by Crippen LogP contribution is -2.32. The van der Waals surface area contributed by atoms with E-state index in [1.54, 1.807) is 17.6 Å². The molecule has 0 aromatic carbocycles. The first-order valence-corrected chi connectivity index (χ1v) is 8.59. The molecule has 1 N–H and O–H groups in total. The number of thiophene rings is 1. The molecule has 2 aromatic heterocycles. The quantitative estimate of drug-likeness (QED) is 0.874. The van der Waals surface area contributed by atoms with E-state index in [2.05, 4.69) is 27.8 Å². The fourth-order valence-corrected chi connectivity index (χ4v) is 3.41. The molecule has 3 heterocycles. The van der Waals surface area contributed by atoms with Gasteiger partial charge >= 0.3 is 5.97 Å². The molecule has 1 aliphatic heterocycles. The highest BCUT2D eigenvalue weighted by atomic mass is 32.1. The van der Waals surface area contributed by atoms with Crippen LogP contribution >= 0.6 is 11.3 Å². The molecule has 5 heteroatoms. The van der Waals surface area contributed by atoms with Crippen LogP contribution in [0.15, 0.2) is 57.4 Å². The van der Waals surface area contributed by atoms with Gasteiger partial charge in [0.05, 0.1) is 6.26 Å². The Labute approximate surface area is 139 Å². The van der Waals surface area contributed by atoms with Gasteiger partial charge in [0.25, 0.3) is 0 Å². The summed E-state index contributed by atoms with van der Waals surface area (Å²) in [5.41, 5.74) is 2.77. The van der Waals surface area contributed by atoms with Crippen molar-refractivity contribution in [3.05, 3.63) is 64.3 Å². The number of hydrogen-bond donors (Lipinski definition) is 1. The van der Waals surface area contributed by atoms with Crippen LogP contribution in [0, 0.1) is 0 Å². The molecule has 2 aromatic rings. The van der Waals surface area contributed by atoms with Crippen molar-refractivity contribution < 1.29 is 14.3 Å². The summed E-state index contributed by atoms with van der Waals surface area (Å²) in [7, 11) is 0. The van der Waals surface area contributed by atoms with E-state index in [0.29, 0.717) is 12.1 Å². The number of carboxylic acids is 1. The van der Waals surface area contributed by atoms with Crippen LogP contribution in [-0.4, -0.2) is 35.6 Å². The Morgan fingerprint density at radius 1 is 1.43 bits per heavy atom. The monoisotopic (exact) mass is 329 g/mol. The van der Waals surface area contributed by atoms with Gasteiger partial charge in [0.2, 0.25) is 0 Å². The highest BCUT2D eigenvalue weighted by molar-refractivity contribution is 7.08. The molecule has 0 saturated carbocycles. The molecule has 3 rings (SSSR count). The van der Waals surface area contributed by atoms with Gasteiger partial charge in [-0.25, -0.2) is 4.79 Å². The molecule has 23 heavy (non-hydrogen) atoms. The van der Waals surface area contributed by atoms with Gasteiger partial charge in [0, 0.05) is 30.8 Å². The Hall–Kier alpha value is -2.11. The Kier molecular flexibility index (Phi) is 5.10. The Morgan fingerprint density at radius 2 is 2.35 bits per heavy atom. The van der Waals surface area contributed by atoms with Crippen LogP contribution in [0.5, 0.6) is 0 Å². The molecule has 0 saturated heterocycles. The summed E-state index contributed by atoms with van der Waals surface area (Å²) < 4.78 is 5.55. The van der Waals surface area contributed by atoms with Gasteiger partial charge in [-0.1, -0.05) is 12.2 Å². The number of nitrogens with zero attached hydrogens (tertiary/aromatic N) is 1. The van der Waals surface area contributed by atoms with E-state index < -0.39 is 5.97 Å². The number of hydrogen-bond acceptors (Lipinski definition) is 4. The minimum atomic E-state index is -0.806. The lowest BCUT2D eigenvalue weighted by Gasteiger charge is -2.25. The van der Waals surface area contributed by atoms with Gasteiger partial charge in [-0.3, -0.25) is 4.90 Å². The molecule has 4 nitrogen and oxygen atoms in total. The van der Waals surface area contributed by atoms with Crippen LogP contribution in [0.1, 0.15) is 24.2 Å². The van der Waals surface area contributed by atoms with E-state index in [-0.39, 0.29) is 0 Å². The predicted molar refractivity (Wildman–Crippen MR) is 91.5 cm³/mol. The van der Waals surface area contributed by atoms with Crippen molar-refractivity contribution in [1.29, 1.82) is 0 Å². The largest absolute Gasteiger partial charge is 0.478 e. The standard InChI is InChI=1S/C18H19NO3S/c20-18(21)14-4-1-8-19(12-14)9-2-5-16(15-7-11-23-13-15)17-6-3-10-22-17/h3-7,10-11,13H,1-2,8-9,12H2,(H,20,21). The first-order valence-electron chi connectivity index (χ1n) is 7.65. The van der Waals surface area contributed by atoms with Crippen molar-refractivity contribution in [2.45, 2.75) is 12.8 Å². The molecule has 0 bridgehead atoms. The molecule has 0 radical (unpaired) electrons. The zero-order valence-electron chi connectivity index (χ0n) is 12.8. The van der Waals surface area contributed by atoms with E-state index in [4.69, 9.17) is 9.52 Å². The molecule has 0 spiro atoms. The van der Waals surface area contributed by atoms with E-state index in [1.807, 2.05) is 18.2 Å². The van der Waals surface area contributed by atoms with Gasteiger partial charge in [0.15, 0.2) is 0 Å². The summed E-state index contributed by atoms with van der Waals surface area (Å²) in [4.78, 5) is 13.3.